The van der Waals surface area contributed by atoms with E-state index in [-0.39, 0.29) is 11.3 Å². The summed E-state index contributed by atoms with van der Waals surface area (Å²) >= 11 is 0. The fourth-order valence-corrected chi connectivity index (χ4v) is 2.35. The number of anilines is 1. The third-order valence-electron chi connectivity index (χ3n) is 3.50. The number of nitrogens with zero attached hydrogens (tertiary/aromatic N) is 1. The Bertz CT molecular complexity index is 558. The summed E-state index contributed by atoms with van der Waals surface area (Å²) in [7, 11) is 0. The summed E-state index contributed by atoms with van der Waals surface area (Å²) in [5, 5.41) is 11.7. The van der Waals surface area contributed by atoms with Crippen molar-refractivity contribution in [1.82, 2.24) is 0 Å². The van der Waals surface area contributed by atoms with Gasteiger partial charge in [-0.25, -0.2) is 8.78 Å². The number of aryl methyl sites for hydroxylation is 1. The van der Waals surface area contributed by atoms with Gasteiger partial charge in [0, 0.05) is 6.07 Å². The van der Waals surface area contributed by atoms with Crippen LogP contribution in [-0.4, -0.2) is 5.91 Å². The zero-order valence-electron chi connectivity index (χ0n) is 12.6. The first-order valence-electron chi connectivity index (χ1n) is 7.08. The topological polar surface area (TPSA) is 52.9 Å². The van der Waals surface area contributed by atoms with Gasteiger partial charge in [0.25, 0.3) is 0 Å². The highest BCUT2D eigenvalue weighted by atomic mass is 19.1. The number of carbonyl (C=O) groups excluding carboxylic acids is 1. The first-order chi connectivity index (χ1) is 9.90. The number of nitrogens with one attached hydrogen (secondary N) is 1. The lowest BCUT2D eigenvalue weighted by molar-refractivity contribution is -0.123. The predicted molar refractivity (Wildman–Crippen MR) is 77.6 cm³/mol. The van der Waals surface area contributed by atoms with E-state index >= 15 is 0 Å². The molecule has 1 aromatic rings. The van der Waals surface area contributed by atoms with Crippen LogP contribution in [0.1, 0.15) is 45.1 Å². The first kappa shape index (κ1) is 17.1. The quantitative estimate of drug-likeness (QED) is 0.849. The number of carbonyl (C=O) groups is 1. The van der Waals surface area contributed by atoms with Gasteiger partial charge in [-0.1, -0.05) is 26.7 Å². The van der Waals surface area contributed by atoms with E-state index in [1.54, 1.807) is 0 Å². The lowest BCUT2D eigenvalue weighted by atomic mass is 9.79. The summed E-state index contributed by atoms with van der Waals surface area (Å²) in [6, 6.07) is 4.03. The monoisotopic (exact) mass is 294 g/mol. The van der Waals surface area contributed by atoms with Crippen LogP contribution < -0.4 is 5.32 Å². The molecule has 21 heavy (non-hydrogen) atoms. The Hall–Kier alpha value is -1.96. The van der Waals surface area contributed by atoms with Crippen molar-refractivity contribution < 1.29 is 13.6 Å². The molecule has 0 saturated carbocycles. The van der Waals surface area contributed by atoms with Gasteiger partial charge in [-0.15, -0.1) is 0 Å². The summed E-state index contributed by atoms with van der Waals surface area (Å²) < 4.78 is 27.3. The Morgan fingerprint density at radius 2 is 1.81 bits per heavy atom. The SMILES string of the molecule is CCCC(C#N)(CCC)C(=O)Nc1cc(F)c(C)cc1F. The molecule has 0 spiro atoms. The standard InChI is InChI=1S/C16H20F2N2O/c1-4-6-16(10-19,7-5-2)15(21)20-14-9-12(17)11(3)8-13(14)18/h8-9H,4-7H2,1-3H3,(H,20,21). The Morgan fingerprint density at radius 3 is 2.29 bits per heavy atom. The Morgan fingerprint density at radius 1 is 1.24 bits per heavy atom. The van der Waals surface area contributed by atoms with Gasteiger partial charge in [-0.05, 0) is 31.4 Å². The van der Waals surface area contributed by atoms with E-state index < -0.39 is 23.0 Å². The van der Waals surface area contributed by atoms with Gasteiger partial charge in [-0.2, -0.15) is 5.26 Å². The zero-order valence-corrected chi connectivity index (χ0v) is 12.6. The van der Waals surface area contributed by atoms with Crippen molar-refractivity contribution in [1.29, 1.82) is 5.26 Å². The van der Waals surface area contributed by atoms with Crippen molar-refractivity contribution in [2.75, 3.05) is 5.32 Å². The van der Waals surface area contributed by atoms with Gasteiger partial charge in [-0.3, -0.25) is 4.79 Å². The van der Waals surface area contributed by atoms with E-state index in [4.69, 9.17) is 0 Å². The van der Waals surface area contributed by atoms with Crippen LogP contribution >= 0.6 is 0 Å². The number of amides is 1. The normalized spacial score (nSPS) is 11.0. The molecule has 0 aliphatic carbocycles. The molecule has 0 fully saturated rings. The zero-order chi connectivity index (χ0) is 16.0. The van der Waals surface area contributed by atoms with Crippen LogP contribution in [0.25, 0.3) is 0 Å². The maximum absolute atomic E-state index is 13.8. The minimum atomic E-state index is -1.20. The summed E-state index contributed by atoms with van der Waals surface area (Å²) in [5.41, 5.74) is -1.26. The van der Waals surface area contributed by atoms with Gasteiger partial charge in [0.2, 0.25) is 5.91 Å². The average Bonchev–Trinajstić information content (AvgIpc) is 2.44. The largest absolute Gasteiger partial charge is 0.322 e. The third-order valence-corrected chi connectivity index (χ3v) is 3.50. The second-order valence-corrected chi connectivity index (χ2v) is 5.23. The van der Waals surface area contributed by atoms with Crippen LogP contribution in [0.3, 0.4) is 0 Å². The smallest absolute Gasteiger partial charge is 0.244 e. The molecule has 0 heterocycles. The molecule has 0 bridgehead atoms. The van der Waals surface area contributed by atoms with Crippen molar-refractivity contribution in [3.05, 3.63) is 29.3 Å². The van der Waals surface area contributed by atoms with Gasteiger partial charge in [0.05, 0.1) is 11.8 Å². The van der Waals surface area contributed by atoms with E-state index in [9.17, 15) is 18.8 Å². The van der Waals surface area contributed by atoms with Gasteiger partial charge >= 0.3 is 0 Å². The summed E-state index contributed by atoms with van der Waals surface area (Å²) in [6.07, 6.45) is 2.09. The van der Waals surface area contributed by atoms with E-state index in [2.05, 4.69) is 11.4 Å². The number of hydrogen-bond acceptors (Lipinski definition) is 2. The first-order valence-corrected chi connectivity index (χ1v) is 7.08. The summed E-state index contributed by atoms with van der Waals surface area (Å²) in [5.74, 6) is -1.88. The Labute approximate surface area is 124 Å². The average molecular weight is 294 g/mol. The Balaban J connectivity index is 3.08. The van der Waals surface area contributed by atoms with E-state index in [1.165, 1.54) is 6.92 Å². The maximum atomic E-state index is 13.8. The van der Waals surface area contributed by atoms with Gasteiger partial charge in [0.15, 0.2) is 0 Å². The molecule has 0 saturated heterocycles. The molecule has 1 rings (SSSR count). The number of benzene rings is 1. The van der Waals surface area contributed by atoms with Crippen LogP contribution in [0.5, 0.6) is 0 Å². The third kappa shape index (κ3) is 3.78. The van der Waals surface area contributed by atoms with Gasteiger partial charge < -0.3 is 5.32 Å². The molecule has 0 unspecified atom stereocenters. The highest BCUT2D eigenvalue weighted by Gasteiger charge is 2.37. The lowest BCUT2D eigenvalue weighted by Gasteiger charge is -2.24. The molecule has 0 aliphatic heterocycles. The van der Waals surface area contributed by atoms with Crippen molar-refractivity contribution in [3.8, 4) is 6.07 Å². The molecule has 1 N–H and O–H groups in total. The van der Waals surface area contributed by atoms with Crippen LogP contribution in [-0.2, 0) is 4.79 Å². The Kier molecular flexibility index (Phi) is 5.83. The number of hydrogen-bond donors (Lipinski definition) is 1. The van der Waals surface area contributed by atoms with Crippen molar-refractivity contribution >= 4 is 11.6 Å². The number of rotatable bonds is 6. The molecule has 5 heteroatoms. The van der Waals surface area contributed by atoms with Crippen molar-refractivity contribution in [3.63, 3.8) is 0 Å². The lowest BCUT2D eigenvalue weighted by Crippen LogP contribution is -2.35. The molecule has 1 aromatic carbocycles. The summed E-state index contributed by atoms with van der Waals surface area (Å²) in [6.45, 7) is 5.19. The highest BCUT2D eigenvalue weighted by Crippen LogP contribution is 2.31. The van der Waals surface area contributed by atoms with Gasteiger partial charge in [0.1, 0.15) is 17.0 Å². The molecule has 1 amide bonds. The van der Waals surface area contributed by atoms with Crippen molar-refractivity contribution in [2.45, 2.75) is 46.5 Å². The predicted octanol–water partition coefficient (Wildman–Crippen LogP) is 4.32. The molecular weight excluding hydrogens is 274 g/mol. The van der Waals surface area contributed by atoms with Crippen LogP contribution in [0.15, 0.2) is 12.1 Å². The fourth-order valence-electron chi connectivity index (χ4n) is 2.35. The second-order valence-electron chi connectivity index (χ2n) is 5.23. The molecule has 0 aromatic heterocycles. The summed E-state index contributed by atoms with van der Waals surface area (Å²) in [4.78, 5) is 12.4. The second kappa shape index (κ2) is 7.16. The molecule has 0 radical (unpaired) electrons. The van der Waals surface area contributed by atoms with E-state index in [0.29, 0.717) is 25.7 Å². The maximum Gasteiger partial charge on any atom is 0.244 e. The minimum absolute atomic E-state index is 0.166. The number of nitriles is 1. The highest BCUT2D eigenvalue weighted by molar-refractivity contribution is 5.97. The van der Waals surface area contributed by atoms with E-state index in [1.807, 2.05) is 13.8 Å². The molecular formula is C16H20F2N2O. The molecule has 114 valence electrons. The van der Waals surface area contributed by atoms with E-state index in [0.717, 1.165) is 12.1 Å². The van der Waals surface area contributed by atoms with Crippen LogP contribution in [0.2, 0.25) is 0 Å². The van der Waals surface area contributed by atoms with Crippen LogP contribution in [0.4, 0.5) is 14.5 Å². The molecule has 0 aliphatic rings. The minimum Gasteiger partial charge on any atom is -0.322 e. The van der Waals surface area contributed by atoms with Crippen LogP contribution in [0, 0.1) is 35.3 Å². The number of halogens is 2. The van der Waals surface area contributed by atoms with Crippen molar-refractivity contribution in [2.24, 2.45) is 5.41 Å². The fraction of sp³-hybridized carbons (Fsp3) is 0.500. The molecule has 3 nitrogen and oxygen atoms in total. The molecule has 0 atom stereocenters.